The zero-order valence-electron chi connectivity index (χ0n) is 7.43. The van der Waals surface area contributed by atoms with E-state index in [1.54, 1.807) is 0 Å². The first-order chi connectivity index (χ1) is 6.99. The van der Waals surface area contributed by atoms with E-state index in [0.717, 1.165) is 7.11 Å². The van der Waals surface area contributed by atoms with Gasteiger partial charge in [-0.15, -0.1) is 0 Å². The summed E-state index contributed by atoms with van der Waals surface area (Å²) in [5, 5.41) is 0. The van der Waals surface area contributed by atoms with Crippen LogP contribution >= 0.6 is 0 Å². The van der Waals surface area contributed by atoms with Gasteiger partial charge in [0.05, 0.1) is 13.3 Å². The first-order valence-corrected chi connectivity index (χ1v) is 3.69. The highest BCUT2D eigenvalue weighted by Crippen LogP contribution is 2.24. The Labute approximate surface area is 81.7 Å². The lowest BCUT2D eigenvalue weighted by molar-refractivity contribution is 0.0579. The van der Waals surface area contributed by atoms with Gasteiger partial charge in [-0.3, -0.25) is 4.98 Å². The first-order valence-electron chi connectivity index (χ1n) is 3.69. The van der Waals surface area contributed by atoms with Crippen molar-refractivity contribution in [1.82, 2.24) is 4.98 Å². The van der Waals surface area contributed by atoms with Crippen LogP contribution in [0.25, 0.3) is 0 Å². The number of aromatic nitrogens is 1. The molecule has 0 fully saturated rings. The summed E-state index contributed by atoms with van der Waals surface area (Å²) in [5.74, 6) is -4.57. The molecule has 0 aliphatic rings. The predicted octanol–water partition coefficient (Wildman–Crippen LogP) is 2.08. The number of halogens is 4. The van der Waals surface area contributed by atoms with Crippen molar-refractivity contribution in [3.8, 4) is 0 Å². The molecule has 15 heavy (non-hydrogen) atoms. The quantitative estimate of drug-likeness (QED) is 0.569. The molecule has 0 bridgehead atoms. The molecule has 1 rings (SSSR count). The Morgan fingerprint density at radius 3 is 2.53 bits per heavy atom. The minimum atomic E-state index is -3.19. The highest BCUT2D eigenvalue weighted by atomic mass is 19.3. The minimum Gasteiger partial charge on any atom is -0.465 e. The number of rotatable bonds is 2. The highest BCUT2D eigenvalue weighted by Gasteiger charge is 2.27. The molecule has 0 radical (unpaired) electrons. The van der Waals surface area contributed by atoms with Gasteiger partial charge in [-0.1, -0.05) is 0 Å². The van der Waals surface area contributed by atoms with Gasteiger partial charge in [0.25, 0.3) is 6.43 Å². The van der Waals surface area contributed by atoms with Crippen LogP contribution in [0.2, 0.25) is 0 Å². The van der Waals surface area contributed by atoms with Crippen LogP contribution in [0.15, 0.2) is 6.20 Å². The van der Waals surface area contributed by atoms with Crippen LogP contribution in [0.1, 0.15) is 22.5 Å². The van der Waals surface area contributed by atoms with Crippen LogP contribution in [0.4, 0.5) is 17.6 Å². The number of carbonyl (C=O) groups excluding carboxylic acids is 1. The molecule has 7 heteroatoms. The van der Waals surface area contributed by atoms with Crippen LogP contribution in [0, 0.1) is 11.6 Å². The second-order valence-corrected chi connectivity index (χ2v) is 2.47. The number of nitrogens with zero attached hydrogens (tertiary/aromatic N) is 1. The molecule has 1 heterocycles. The summed E-state index contributed by atoms with van der Waals surface area (Å²) in [6, 6.07) is 0. The van der Waals surface area contributed by atoms with Crippen LogP contribution in [-0.4, -0.2) is 18.1 Å². The molecular formula is C8H5F4NO2. The Kier molecular flexibility index (Phi) is 3.23. The molecule has 3 nitrogen and oxygen atoms in total. The van der Waals surface area contributed by atoms with Crippen LogP contribution in [0.3, 0.4) is 0 Å². The lowest BCUT2D eigenvalue weighted by atomic mass is 10.2. The van der Waals surface area contributed by atoms with Gasteiger partial charge in [-0.2, -0.15) is 0 Å². The molecule has 0 unspecified atom stereocenters. The standard InChI is InChI=1S/C8H5F4NO2/c1-15-8(14)4-5(10)3(9)2-13-6(4)7(11)12/h2,7H,1H3. The second-order valence-electron chi connectivity index (χ2n) is 2.47. The number of esters is 1. The Bertz CT molecular complexity index is 394. The van der Waals surface area contributed by atoms with E-state index >= 15 is 0 Å². The van der Waals surface area contributed by atoms with E-state index < -0.39 is 35.3 Å². The van der Waals surface area contributed by atoms with Gasteiger partial charge in [0.15, 0.2) is 11.6 Å². The van der Waals surface area contributed by atoms with E-state index in [9.17, 15) is 22.4 Å². The van der Waals surface area contributed by atoms with E-state index in [4.69, 9.17) is 0 Å². The summed E-state index contributed by atoms with van der Waals surface area (Å²) in [6.07, 6.45) is -2.90. The van der Waals surface area contributed by atoms with E-state index in [1.165, 1.54) is 0 Å². The lowest BCUT2D eigenvalue weighted by Crippen LogP contribution is -2.12. The maximum absolute atomic E-state index is 13.0. The number of alkyl halides is 2. The molecular weight excluding hydrogens is 218 g/mol. The first kappa shape index (κ1) is 11.4. The largest absolute Gasteiger partial charge is 0.465 e. The van der Waals surface area contributed by atoms with Crippen molar-refractivity contribution >= 4 is 5.97 Å². The summed E-state index contributed by atoms with van der Waals surface area (Å²) in [6.45, 7) is 0. The molecule has 0 atom stereocenters. The molecule has 1 aromatic heterocycles. The molecule has 82 valence electrons. The van der Waals surface area contributed by atoms with Crippen LogP contribution in [0.5, 0.6) is 0 Å². The number of pyridine rings is 1. The van der Waals surface area contributed by atoms with Gasteiger partial charge in [0.1, 0.15) is 11.3 Å². The maximum atomic E-state index is 13.0. The zero-order chi connectivity index (χ0) is 11.6. The maximum Gasteiger partial charge on any atom is 0.343 e. The van der Waals surface area contributed by atoms with Crippen molar-refractivity contribution in [3.63, 3.8) is 0 Å². The van der Waals surface area contributed by atoms with Gasteiger partial charge in [-0.05, 0) is 0 Å². The molecule has 0 aliphatic carbocycles. The number of hydrogen-bond donors (Lipinski definition) is 0. The molecule has 0 aromatic carbocycles. The molecule has 0 aliphatic heterocycles. The van der Waals surface area contributed by atoms with Crippen molar-refractivity contribution in [1.29, 1.82) is 0 Å². The third-order valence-corrected chi connectivity index (χ3v) is 1.60. The Morgan fingerprint density at radius 1 is 1.47 bits per heavy atom. The van der Waals surface area contributed by atoms with Crippen molar-refractivity contribution in [2.45, 2.75) is 6.43 Å². The third kappa shape index (κ3) is 2.05. The van der Waals surface area contributed by atoms with Gasteiger partial charge in [-0.25, -0.2) is 22.4 Å². The normalized spacial score (nSPS) is 10.5. The Balaban J connectivity index is 3.41. The Hall–Kier alpha value is -1.66. The average molecular weight is 223 g/mol. The lowest BCUT2D eigenvalue weighted by Gasteiger charge is -2.07. The van der Waals surface area contributed by atoms with Gasteiger partial charge >= 0.3 is 5.97 Å². The second kappa shape index (κ2) is 4.24. The van der Waals surface area contributed by atoms with E-state index in [1.807, 2.05) is 0 Å². The van der Waals surface area contributed by atoms with Crippen LogP contribution in [-0.2, 0) is 4.74 Å². The fourth-order valence-corrected chi connectivity index (χ4v) is 0.941. The highest BCUT2D eigenvalue weighted by molar-refractivity contribution is 5.90. The fourth-order valence-electron chi connectivity index (χ4n) is 0.941. The molecule has 1 aromatic rings. The Morgan fingerprint density at radius 2 is 2.07 bits per heavy atom. The number of hydrogen-bond acceptors (Lipinski definition) is 3. The molecule has 0 amide bonds. The third-order valence-electron chi connectivity index (χ3n) is 1.60. The zero-order valence-corrected chi connectivity index (χ0v) is 7.43. The van der Waals surface area contributed by atoms with E-state index in [-0.39, 0.29) is 6.20 Å². The van der Waals surface area contributed by atoms with Crippen molar-refractivity contribution < 1.29 is 27.1 Å². The van der Waals surface area contributed by atoms with Crippen molar-refractivity contribution in [3.05, 3.63) is 29.1 Å². The molecule has 0 saturated heterocycles. The summed E-state index contributed by atoms with van der Waals surface area (Å²) in [7, 11) is 0.863. The SMILES string of the molecule is COC(=O)c1c(C(F)F)ncc(F)c1F. The smallest absolute Gasteiger partial charge is 0.343 e. The number of methoxy groups -OCH3 is 1. The number of ether oxygens (including phenoxy) is 1. The van der Waals surface area contributed by atoms with E-state index in [0.29, 0.717) is 0 Å². The predicted molar refractivity (Wildman–Crippen MR) is 40.4 cm³/mol. The fraction of sp³-hybridized carbons (Fsp3) is 0.250. The molecule has 0 saturated carbocycles. The minimum absolute atomic E-state index is 0.281. The van der Waals surface area contributed by atoms with Crippen LogP contribution < -0.4 is 0 Å². The average Bonchev–Trinajstić information content (AvgIpc) is 2.20. The van der Waals surface area contributed by atoms with Crippen molar-refractivity contribution in [2.75, 3.05) is 7.11 Å². The molecule has 0 spiro atoms. The van der Waals surface area contributed by atoms with E-state index in [2.05, 4.69) is 9.72 Å². The molecule has 0 N–H and O–H groups in total. The summed E-state index contributed by atoms with van der Waals surface area (Å²) >= 11 is 0. The topological polar surface area (TPSA) is 39.2 Å². The summed E-state index contributed by atoms with van der Waals surface area (Å²) in [5.41, 5.74) is -2.31. The monoisotopic (exact) mass is 223 g/mol. The summed E-state index contributed by atoms with van der Waals surface area (Å²) < 4.78 is 54.2. The van der Waals surface area contributed by atoms with Gasteiger partial charge in [0.2, 0.25) is 0 Å². The number of carbonyl (C=O) groups is 1. The summed E-state index contributed by atoms with van der Waals surface area (Å²) in [4.78, 5) is 13.9. The van der Waals surface area contributed by atoms with Gasteiger partial charge in [0, 0.05) is 0 Å². The van der Waals surface area contributed by atoms with Crippen molar-refractivity contribution in [2.24, 2.45) is 0 Å². The van der Waals surface area contributed by atoms with Gasteiger partial charge < -0.3 is 4.74 Å².